The van der Waals surface area contributed by atoms with E-state index in [1.165, 1.54) is 11.1 Å². The van der Waals surface area contributed by atoms with Crippen LogP contribution >= 0.6 is 11.6 Å². The maximum atomic E-state index is 8.97. The first kappa shape index (κ1) is 10.0. The minimum atomic E-state index is 0.267. The monoisotopic (exact) mass is 210 g/mol. The zero-order valence-electron chi connectivity index (χ0n) is 8.33. The average Bonchev–Trinajstić information content (AvgIpc) is 2.44. The lowest BCUT2D eigenvalue weighted by Crippen LogP contribution is -1.96. The number of aliphatic hydroxyl groups is 1. The van der Waals surface area contributed by atoms with Gasteiger partial charge in [0.25, 0.3) is 0 Å². The molecule has 2 heteroatoms. The highest BCUT2D eigenvalue weighted by Gasteiger charge is 2.27. The molecule has 0 saturated heterocycles. The van der Waals surface area contributed by atoms with E-state index in [0.717, 1.165) is 17.9 Å². The molecule has 76 valence electrons. The van der Waals surface area contributed by atoms with Crippen molar-refractivity contribution >= 4 is 11.6 Å². The summed E-state index contributed by atoms with van der Waals surface area (Å²) < 4.78 is 0. The summed E-state index contributed by atoms with van der Waals surface area (Å²) in [6, 6.07) is 6.14. The van der Waals surface area contributed by atoms with Crippen LogP contribution in [0, 0.1) is 0 Å². The minimum absolute atomic E-state index is 0.267. The summed E-state index contributed by atoms with van der Waals surface area (Å²) in [7, 11) is 0. The van der Waals surface area contributed by atoms with E-state index in [4.69, 9.17) is 16.7 Å². The molecular formula is C12H15ClO. The molecule has 1 aliphatic carbocycles. The van der Waals surface area contributed by atoms with Gasteiger partial charge in [0, 0.05) is 11.6 Å². The Morgan fingerprint density at radius 2 is 2.21 bits per heavy atom. The second-order valence-electron chi connectivity index (χ2n) is 4.12. The zero-order valence-corrected chi connectivity index (χ0v) is 9.09. The molecule has 0 spiro atoms. The molecule has 1 aromatic carbocycles. The molecule has 0 aliphatic heterocycles. The van der Waals surface area contributed by atoms with E-state index < -0.39 is 0 Å². The van der Waals surface area contributed by atoms with Crippen molar-refractivity contribution in [3.63, 3.8) is 0 Å². The van der Waals surface area contributed by atoms with Gasteiger partial charge in [-0.3, -0.25) is 0 Å². The zero-order chi connectivity index (χ0) is 10.1. The Hall–Kier alpha value is -0.530. The molecule has 0 heterocycles. The van der Waals surface area contributed by atoms with Crippen molar-refractivity contribution < 1.29 is 5.11 Å². The standard InChI is InChI=1S/C12H15ClO/c1-8-6-9(4-5-14)12-7-10(13)2-3-11(8)12/h2-3,7-9,14H,4-6H2,1H3. The van der Waals surface area contributed by atoms with E-state index in [-0.39, 0.29) is 6.61 Å². The first-order chi connectivity index (χ1) is 6.72. The molecule has 2 unspecified atom stereocenters. The molecule has 0 radical (unpaired) electrons. The van der Waals surface area contributed by atoms with Crippen LogP contribution in [-0.2, 0) is 0 Å². The number of hydrogen-bond donors (Lipinski definition) is 1. The number of halogens is 1. The first-order valence-corrected chi connectivity index (χ1v) is 5.50. The van der Waals surface area contributed by atoms with Crippen LogP contribution in [0.1, 0.15) is 42.7 Å². The summed E-state index contributed by atoms with van der Waals surface area (Å²) in [6.07, 6.45) is 2.01. The van der Waals surface area contributed by atoms with Gasteiger partial charge in [-0.25, -0.2) is 0 Å². The normalized spacial score (nSPS) is 25.1. The number of benzene rings is 1. The Kier molecular flexibility index (Phi) is 2.80. The fourth-order valence-corrected chi connectivity index (χ4v) is 2.64. The average molecular weight is 211 g/mol. The summed E-state index contributed by atoms with van der Waals surface area (Å²) in [5, 5.41) is 9.78. The fraction of sp³-hybridized carbons (Fsp3) is 0.500. The smallest absolute Gasteiger partial charge is 0.0436 e. The number of aliphatic hydroxyl groups excluding tert-OH is 1. The molecule has 0 bridgehead atoms. The molecule has 0 aromatic heterocycles. The van der Waals surface area contributed by atoms with Gasteiger partial charge in [0.15, 0.2) is 0 Å². The lowest BCUT2D eigenvalue weighted by Gasteiger charge is -2.09. The Morgan fingerprint density at radius 1 is 1.43 bits per heavy atom. The van der Waals surface area contributed by atoms with Crippen molar-refractivity contribution in [3.8, 4) is 0 Å². The molecule has 2 rings (SSSR count). The number of fused-ring (bicyclic) bond motifs is 1. The van der Waals surface area contributed by atoms with E-state index >= 15 is 0 Å². The van der Waals surface area contributed by atoms with Crippen LogP contribution in [0.5, 0.6) is 0 Å². The Morgan fingerprint density at radius 3 is 2.93 bits per heavy atom. The lowest BCUT2D eigenvalue weighted by molar-refractivity contribution is 0.274. The van der Waals surface area contributed by atoms with Crippen molar-refractivity contribution in [3.05, 3.63) is 34.3 Å². The molecule has 2 atom stereocenters. The van der Waals surface area contributed by atoms with Crippen LogP contribution < -0.4 is 0 Å². The molecular weight excluding hydrogens is 196 g/mol. The third-order valence-corrected chi connectivity index (χ3v) is 3.37. The van der Waals surface area contributed by atoms with Crippen LogP contribution in [0.3, 0.4) is 0 Å². The molecule has 1 aliphatic rings. The highest BCUT2D eigenvalue weighted by molar-refractivity contribution is 6.30. The molecule has 1 N–H and O–H groups in total. The van der Waals surface area contributed by atoms with Gasteiger partial charge in [-0.15, -0.1) is 0 Å². The van der Waals surface area contributed by atoms with Crippen LogP contribution in [-0.4, -0.2) is 11.7 Å². The topological polar surface area (TPSA) is 20.2 Å². The van der Waals surface area contributed by atoms with E-state index in [9.17, 15) is 0 Å². The lowest BCUT2D eigenvalue weighted by atomic mass is 9.98. The summed E-state index contributed by atoms with van der Waals surface area (Å²) in [5.41, 5.74) is 2.76. The largest absolute Gasteiger partial charge is 0.396 e. The van der Waals surface area contributed by atoms with Crippen LogP contribution in [0.2, 0.25) is 5.02 Å². The third kappa shape index (κ3) is 1.67. The third-order valence-electron chi connectivity index (χ3n) is 3.14. The summed E-state index contributed by atoms with van der Waals surface area (Å²) >= 11 is 5.97. The van der Waals surface area contributed by atoms with Gasteiger partial charge in [-0.05, 0) is 47.9 Å². The van der Waals surface area contributed by atoms with Crippen LogP contribution in [0.25, 0.3) is 0 Å². The molecule has 0 fully saturated rings. The van der Waals surface area contributed by atoms with Gasteiger partial charge in [0.1, 0.15) is 0 Å². The first-order valence-electron chi connectivity index (χ1n) is 5.12. The van der Waals surface area contributed by atoms with Gasteiger partial charge in [-0.1, -0.05) is 24.6 Å². The predicted molar refractivity (Wildman–Crippen MR) is 58.9 cm³/mol. The van der Waals surface area contributed by atoms with Gasteiger partial charge >= 0.3 is 0 Å². The van der Waals surface area contributed by atoms with Gasteiger partial charge in [0.05, 0.1) is 0 Å². The molecule has 14 heavy (non-hydrogen) atoms. The summed E-state index contributed by atoms with van der Waals surface area (Å²) in [4.78, 5) is 0. The summed E-state index contributed by atoms with van der Waals surface area (Å²) in [5.74, 6) is 1.11. The van der Waals surface area contributed by atoms with Crippen molar-refractivity contribution in [1.82, 2.24) is 0 Å². The fourth-order valence-electron chi connectivity index (χ4n) is 2.46. The Balaban J connectivity index is 2.35. The van der Waals surface area contributed by atoms with Gasteiger partial charge in [-0.2, -0.15) is 0 Å². The molecule has 1 aromatic rings. The van der Waals surface area contributed by atoms with Crippen LogP contribution in [0.15, 0.2) is 18.2 Å². The van der Waals surface area contributed by atoms with E-state index in [1.807, 2.05) is 6.07 Å². The quantitative estimate of drug-likeness (QED) is 0.794. The molecule has 1 nitrogen and oxygen atoms in total. The second-order valence-corrected chi connectivity index (χ2v) is 4.56. The van der Waals surface area contributed by atoms with E-state index in [2.05, 4.69) is 19.1 Å². The van der Waals surface area contributed by atoms with Crippen molar-refractivity contribution in [2.75, 3.05) is 6.61 Å². The van der Waals surface area contributed by atoms with Gasteiger partial charge < -0.3 is 5.11 Å². The highest BCUT2D eigenvalue weighted by Crippen LogP contribution is 2.43. The maximum absolute atomic E-state index is 8.97. The van der Waals surface area contributed by atoms with Gasteiger partial charge in [0.2, 0.25) is 0 Å². The Bertz CT molecular complexity index is 335. The summed E-state index contributed by atoms with van der Waals surface area (Å²) in [6.45, 7) is 2.51. The predicted octanol–water partition coefficient (Wildman–Crippen LogP) is 3.31. The van der Waals surface area contributed by atoms with E-state index in [1.54, 1.807) is 0 Å². The highest BCUT2D eigenvalue weighted by atomic mass is 35.5. The SMILES string of the molecule is CC1CC(CCO)c2cc(Cl)ccc21. The second kappa shape index (κ2) is 3.92. The van der Waals surface area contributed by atoms with Crippen molar-refractivity contribution in [2.24, 2.45) is 0 Å². The Labute approximate surface area is 89.7 Å². The minimum Gasteiger partial charge on any atom is -0.396 e. The van der Waals surface area contributed by atoms with E-state index in [0.29, 0.717) is 11.8 Å². The van der Waals surface area contributed by atoms with Crippen LogP contribution in [0.4, 0.5) is 0 Å². The molecule has 0 saturated carbocycles. The van der Waals surface area contributed by atoms with Crippen molar-refractivity contribution in [2.45, 2.75) is 31.6 Å². The molecule has 0 amide bonds. The maximum Gasteiger partial charge on any atom is 0.0436 e. The van der Waals surface area contributed by atoms with Crippen molar-refractivity contribution in [1.29, 1.82) is 0 Å². The number of hydrogen-bond acceptors (Lipinski definition) is 1. The number of rotatable bonds is 2.